The molecule has 0 unspecified atom stereocenters. The fourth-order valence-corrected chi connectivity index (χ4v) is 3.15. The van der Waals surface area contributed by atoms with Gasteiger partial charge in [0, 0.05) is 46.9 Å². The fraction of sp³-hybridized carbons (Fsp3) is 0.235. The molecule has 1 heterocycles. The Morgan fingerprint density at radius 2 is 1.68 bits per heavy atom. The number of anilines is 1. The number of nitrogens with zero attached hydrogens (tertiary/aromatic N) is 2. The number of halogens is 2. The second kappa shape index (κ2) is 6.71. The van der Waals surface area contributed by atoms with E-state index in [1.807, 2.05) is 53.4 Å². The lowest BCUT2D eigenvalue weighted by molar-refractivity contribution is 0.0746. The summed E-state index contributed by atoms with van der Waals surface area (Å²) in [5, 5.41) is 0.743. The molecule has 0 aromatic heterocycles. The normalized spacial score (nSPS) is 15.0. The quantitative estimate of drug-likeness (QED) is 0.785. The minimum atomic E-state index is 0.0945. The molecule has 22 heavy (non-hydrogen) atoms. The summed E-state index contributed by atoms with van der Waals surface area (Å²) in [5.41, 5.74) is 1.88. The van der Waals surface area contributed by atoms with Crippen molar-refractivity contribution in [2.24, 2.45) is 0 Å². The lowest BCUT2D eigenvalue weighted by Crippen LogP contribution is -2.48. The number of carbonyl (C=O) groups is 1. The zero-order chi connectivity index (χ0) is 15.5. The van der Waals surface area contributed by atoms with Crippen molar-refractivity contribution in [1.82, 2.24) is 4.90 Å². The minimum absolute atomic E-state index is 0.0945. The summed E-state index contributed by atoms with van der Waals surface area (Å²) in [7, 11) is 0. The Bertz CT molecular complexity index is 667. The number of amides is 1. The zero-order valence-corrected chi connectivity index (χ0v) is 14.3. The SMILES string of the molecule is O=C(c1cccc(Br)c1)N1CCN(c2ccc(Cl)cc2)CC1. The van der Waals surface area contributed by atoms with Gasteiger partial charge in [0.25, 0.3) is 5.91 Å². The summed E-state index contributed by atoms with van der Waals surface area (Å²) in [5.74, 6) is 0.0945. The molecule has 0 spiro atoms. The molecule has 3 rings (SSSR count). The Morgan fingerprint density at radius 3 is 2.32 bits per heavy atom. The molecule has 1 amide bonds. The molecule has 1 aliphatic rings. The minimum Gasteiger partial charge on any atom is -0.368 e. The topological polar surface area (TPSA) is 23.6 Å². The van der Waals surface area contributed by atoms with Crippen molar-refractivity contribution < 1.29 is 4.79 Å². The van der Waals surface area contributed by atoms with Gasteiger partial charge >= 0.3 is 0 Å². The zero-order valence-electron chi connectivity index (χ0n) is 12.0. The highest BCUT2D eigenvalue weighted by Crippen LogP contribution is 2.20. The van der Waals surface area contributed by atoms with Crippen LogP contribution in [0.1, 0.15) is 10.4 Å². The monoisotopic (exact) mass is 378 g/mol. The molecule has 114 valence electrons. The molecule has 3 nitrogen and oxygen atoms in total. The van der Waals surface area contributed by atoms with E-state index in [2.05, 4.69) is 20.8 Å². The summed E-state index contributed by atoms with van der Waals surface area (Å²) in [4.78, 5) is 16.7. The van der Waals surface area contributed by atoms with Crippen molar-refractivity contribution >= 4 is 39.1 Å². The van der Waals surface area contributed by atoms with E-state index in [0.717, 1.165) is 46.9 Å². The molecular formula is C17H16BrClN2O. The van der Waals surface area contributed by atoms with Crippen LogP contribution < -0.4 is 4.90 Å². The third-order valence-corrected chi connectivity index (χ3v) is 4.58. The highest BCUT2D eigenvalue weighted by Gasteiger charge is 2.22. The summed E-state index contributed by atoms with van der Waals surface area (Å²) in [6.45, 7) is 3.13. The first-order valence-corrected chi connectivity index (χ1v) is 8.36. The Morgan fingerprint density at radius 1 is 1.00 bits per heavy atom. The molecule has 2 aromatic carbocycles. The van der Waals surface area contributed by atoms with E-state index < -0.39 is 0 Å². The number of carbonyl (C=O) groups excluding carboxylic acids is 1. The Kier molecular flexibility index (Phi) is 4.69. The van der Waals surface area contributed by atoms with Gasteiger partial charge in [-0.2, -0.15) is 0 Å². The van der Waals surface area contributed by atoms with Crippen LogP contribution in [-0.4, -0.2) is 37.0 Å². The van der Waals surface area contributed by atoms with Crippen LogP contribution in [0.3, 0.4) is 0 Å². The summed E-state index contributed by atoms with van der Waals surface area (Å²) >= 11 is 9.33. The van der Waals surface area contributed by atoms with E-state index in [9.17, 15) is 4.79 Å². The summed E-state index contributed by atoms with van der Waals surface area (Å²) in [6, 6.07) is 15.4. The highest BCUT2D eigenvalue weighted by atomic mass is 79.9. The first-order chi connectivity index (χ1) is 10.6. The van der Waals surface area contributed by atoms with Gasteiger partial charge in [-0.05, 0) is 42.5 Å². The van der Waals surface area contributed by atoms with Crippen LogP contribution in [0.15, 0.2) is 53.0 Å². The van der Waals surface area contributed by atoms with Gasteiger partial charge in [0.1, 0.15) is 0 Å². The first kappa shape index (κ1) is 15.4. The second-order valence-corrected chi connectivity index (χ2v) is 6.62. The Hall–Kier alpha value is -1.52. The Balaban J connectivity index is 1.64. The molecule has 0 radical (unpaired) electrons. The number of hydrogen-bond donors (Lipinski definition) is 0. The maximum absolute atomic E-state index is 12.5. The van der Waals surface area contributed by atoms with Crippen molar-refractivity contribution in [3.05, 3.63) is 63.6 Å². The van der Waals surface area contributed by atoms with Crippen molar-refractivity contribution in [3.63, 3.8) is 0 Å². The third kappa shape index (κ3) is 3.45. The Labute approximate surface area is 143 Å². The van der Waals surface area contributed by atoms with Crippen LogP contribution in [-0.2, 0) is 0 Å². The maximum Gasteiger partial charge on any atom is 0.254 e. The second-order valence-electron chi connectivity index (χ2n) is 5.27. The van der Waals surface area contributed by atoms with Crippen molar-refractivity contribution in [2.75, 3.05) is 31.1 Å². The van der Waals surface area contributed by atoms with Crippen molar-refractivity contribution in [3.8, 4) is 0 Å². The van der Waals surface area contributed by atoms with Gasteiger partial charge in [0.15, 0.2) is 0 Å². The average Bonchev–Trinajstić information content (AvgIpc) is 2.55. The molecule has 1 saturated heterocycles. The lowest BCUT2D eigenvalue weighted by atomic mass is 10.1. The smallest absolute Gasteiger partial charge is 0.254 e. The highest BCUT2D eigenvalue weighted by molar-refractivity contribution is 9.10. The predicted molar refractivity (Wildman–Crippen MR) is 93.7 cm³/mol. The molecule has 5 heteroatoms. The molecule has 1 aliphatic heterocycles. The molecule has 0 N–H and O–H groups in total. The average molecular weight is 380 g/mol. The van der Waals surface area contributed by atoms with E-state index >= 15 is 0 Å². The predicted octanol–water partition coefficient (Wildman–Crippen LogP) is 4.06. The number of hydrogen-bond acceptors (Lipinski definition) is 2. The maximum atomic E-state index is 12.5. The van der Waals surface area contributed by atoms with Crippen LogP contribution in [0.2, 0.25) is 5.02 Å². The molecule has 1 fully saturated rings. The van der Waals surface area contributed by atoms with Gasteiger partial charge in [-0.25, -0.2) is 0 Å². The van der Waals surface area contributed by atoms with Gasteiger partial charge < -0.3 is 9.80 Å². The molecule has 0 bridgehead atoms. The van der Waals surface area contributed by atoms with Gasteiger partial charge in [-0.3, -0.25) is 4.79 Å². The van der Waals surface area contributed by atoms with Crippen molar-refractivity contribution in [1.29, 1.82) is 0 Å². The van der Waals surface area contributed by atoms with E-state index in [1.165, 1.54) is 0 Å². The van der Waals surface area contributed by atoms with Crippen LogP contribution >= 0.6 is 27.5 Å². The third-order valence-electron chi connectivity index (χ3n) is 3.83. The van der Waals surface area contributed by atoms with Gasteiger partial charge in [0.2, 0.25) is 0 Å². The van der Waals surface area contributed by atoms with E-state index in [1.54, 1.807) is 0 Å². The fourth-order valence-electron chi connectivity index (χ4n) is 2.62. The number of piperazine rings is 1. The van der Waals surface area contributed by atoms with E-state index in [4.69, 9.17) is 11.6 Å². The van der Waals surface area contributed by atoms with Crippen LogP contribution in [0, 0.1) is 0 Å². The van der Waals surface area contributed by atoms with E-state index in [0.29, 0.717) is 0 Å². The summed E-state index contributed by atoms with van der Waals surface area (Å²) < 4.78 is 0.929. The number of rotatable bonds is 2. The first-order valence-electron chi connectivity index (χ1n) is 7.19. The largest absolute Gasteiger partial charge is 0.368 e. The summed E-state index contributed by atoms with van der Waals surface area (Å²) in [6.07, 6.45) is 0. The van der Waals surface area contributed by atoms with Crippen LogP contribution in [0.5, 0.6) is 0 Å². The molecule has 0 atom stereocenters. The molecule has 0 aliphatic carbocycles. The van der Waals surface area contributed by atoms with Gasteiger partial charge in [0.05, 0.1) is 0 Å². The van der Waals surface area contributed by atoms with Gasteiger partial charge in [-0.15, -0.1) is 0 Å². The van der Waals surface area contributed by atoms with Crippen LogP contribution in [0.4, 0.5) is 5.69 Å². The van der Waals surface area contributed by atoms with Gasteiger partial charge in [-0.1, -0.05) is 33.6 Å². The standard InChI is InChI=1S/C17H16BrClN2O/c18-14-3-1-2-13(12-14)17(22)21-10-8-20(9-11-21)16-6-4-15(19)5-7-16/h1-7,12H,8-11H2. The molecular weight excluding hydrogens is 364 g/mol. The lowest BCUT2D eigenvalue weighted by Gasteiger charge is -2.36. The molecule has 2 aromatic rings. The molecule has 0 saturated carbocycles. The van der Waals surface area contributed by atoms with Crippen molar-refractivity contribution in [2.45, 2.75) is 0 Å². The number of benzene rings is 2. The van der Waals surface area contributed by atoms with Crippen LogP contribution in [0.25, 0.3) is 0 Å². The van der Waals surface area contributed by atoms with E-state index in [-0.39, 0.29) is 5.91 Å².